The van der Waals surface area contributed by atoms with Gasteiger partial charge in [0.2, 0.25) is 5.88 Å². The Morgan fingerprint density at radius 3 is 2.04 bits per heavy atom. The minimum absolute atomic E-state index is 0.0963. The van der Waals surface area contributed by atoms with Crippen molar-refractivity contribution < 1.29 is 9.47 Å². The Morgan fingerprint density at radius 1 is 0.792 bits per heavy atom. The Bertz CT molecular complexity index is 883. The SMILES string of the molecule is N#Cc1cccc(Oc2ccnc(Oc3cccc(C#N)c3)n2)c1. The van der Waals surface area contributed by atoms with Gasteiger partial charge in [0.05, 0.1) is 23.3 Å². The van der Waals surface area contributed by atoms with Crippen molar-refractivity contribution in [3.05, 3.63) is 71.9 Å². The number of benzene rings is 2. The molecule has 6 nitrogen and oxygen atoms in total. The van der Waals surface area contributed by atoms with Crippen LogP contribution in [0, 0.1) is 22.7 Å². The molecule has 0 unspecified atom stereocenters. The maximum atomic E-state index is 8.91. The summed E-state index contributed by atoms with van der Waals surface area (Å²) >= 11 is 0. The Labute approximate surface area is 138 Å². The fourth-order valence-electron chi connectivity index (χ4n) is 1.92. The second-order valence-electron chi connectivity index (χ2n) is 4.66. The molecule has 0 fully saturated rings. The summed E-state index contributed by atoms with van der Waals surface area (Å²) in [6, 6.07) is 19.2. The van der Waals surface area contributed by atoms with Crippen LogP contribution in [-0.2, 0) is 0 Å². The van der Waals surface area contributed by atoms with Crippen LogP contribution in [0.2, 0.25) is 0 Å². The van der Waals surface area contributed by atoms with Crippen molar-refractivity contribution in [2.24, 2.45) is 0 Å². The van der Waals surface area contributed by atoms with Gasteiger partial charge in [-0.15, -0.1) is 0 Å². The quantitative estimate of drug-likeness (QED) is 0.727. The van der Waals surface area contributed by atoms with Gasteiger partial charge < -0.3 is 9.47 Å². The van der Waals surface area contributed by atoms with Crippen molar-refractivity contribution in [2.45, 2.75) is 0 Å². The zero-order valence-corrected chi connectivity index (χ0v) is 12.4. The highest BCUT2D eigenvalue weighted by Gasteiger charge is 2.05. The first-order chi connectivity index (χ1) is 11.8. The molecule has 6 heteroatoms. The molecule has 0 amide bonds. The molecule has 0 bridgehead atoms. The van der Waals surface area contributed by atoms with Crippen LogP contribution in [0.25, 0.3) is 0 Å². The van der Waals surface area contributed by atoms with E-state index in [1.54, 1.807) is 54.6 Å². The van der Waals surface area contributed by atoms with Crippen LogP contribution in [-0.4, -0.2) is 9.97 Å². The van der Waals surface area contributed by atoms with Gasteiger partial charge in [0.1, 0.15) is 11.5 Å². The van der Waals surface area contributed by atoms with Gasteiger partial charge in [-0.25, -0.2) is 4.98 Å². The van der Waals surface area contributed by atoms with Crippen molar-refractivity contribution in [2.75, 3.05) is 0 Å². The summed E-state index contributed by atoms with van der Waals surface area (Å²) in [5.41, 5.74) is 0.972. The maximum Gasteiger partial charge on any atom is 0.325 e. The summed E-state index contributed by atoms with van der Waals surface area (Å²) in [6.07, 6.45) is 1.50. The number of nitrogens with zero attached hydrogens (tertiary/aromatic N) is 4. The van der Waals surface area contributed by atoms with Crippen LogP contribution < -0.4 is 9.47 Å². The third-order valence-electron chi connectivity index (χ3n) is 2.97. The fraction of sp³-hybridized carbons (Fsp3) is 0. The van der Waals surface area contributed by atoms with Crippen LogP contribution in [0.3, 0.4) is 0 Å². The third-order valence-corrected chi connectivity index (χ3v) is 2.97. The van der Waals surface area contributed by atoms with E-state index in [2.05, 4.69) is 9.97 Å². The third kappa shape index (κ3) is 3.65. The molecule has 0 atom stereocenters. The van der Waals surface area contributed by atoms with Crippen LogP contribution in [0.5, 0.6) is 23.4 Å². The standard InChI is InChI=1S/C18H10N4O2/c19-11-13-3-1-5-15(9-13)23-17-7-8-21-18(22-17)24-16-6-2-4-14(10-16)12-20/h1-10H. The molecule has 3 aromatic rings. The predicted molar refractivity (Wildman–Crippen MR) is 84.5 cm³/mol. The molecule has 0 aliphatic rings. The molecule has 0 saturated carbocycles. The van der Waals surface area contributed by atoms with Gasteiger partial charge in [-0.3, -0.25) is 0 Å². The summed E-state index contributed by atoms with van der Waals surface area (Å²) in [5, 5.41) is 17.8. The van der Waals surface area contributed by atoms with Crippen molar-refractivity contribution in [1.29, 1.82) is 10.5 Å². The van der Waals surface area contributed by atoms with Crippen molar-refractivity contribution in [3.63, 3.8) is 0 Å². The first kappa shape index (κ1) is 15.0. The number of ether oxygens (including phenoxy) is 2. The molecule has 3 rings (SSSR count). The Hall–Kier alpha value is -3.90. The highest BCUT2D eigenvalue weighted by atomic mass is 16.5. The molecule has 0 aliphatic heterocycles. The summed E-state index contributed by atoms with van der Waals surface area (Å²) in [4.78, 5) is 8.17. The van der Waals surface area contributed by atoms with E-state index in [0.717, 1.165) is 0 Å². The highest BCUT2D eigenvalue weighted by molar-refractivity contribution is 5.39. The zero-order valence-electron chi connectivity index (χ0n) is 12.4. The van der Waals surface area contributed by atoms with Gasteiger partial charge in [-0.1, -0.05) is 12.1 Å². The molecular weight excluding hydrogens is 304 g/mol. The Morgan fingerprint density at radius 2 is 1.42 bits per heavy atom. The molecule has 1 heterocycles. The molecular formula is C18H10N4O2. The highest BCUT2D eigenvalue weighted by Crippen LogP contribution is 2.24. The number of hydrogen-bond acceptors (Lipinski definition) is 6. The van der Waals surface area contributed by atoms with Gasteiger partial charge in [0.15, 0.2) is 0 Å². The fourth-order valence-corrected chi connectivity index (χ4v) is 1.92. The summed E-state index contributed by atoms with van der Waals surface area (Å²) in [7, 11) is 0. The normalized spacial score (nSPS) is 9.58. The predicted octanol–water partition coefficient (Wildman–Crippen LogP) is 3.80. The summed E-state index contributed by atoms with van der Waals surface area (Å²) < 4.78 is 11.1. The van der Waals surface area contributed by atoms with Gasteiger partial charge in [-0.2, -0.15) is 15.5 Å². The molecule has 1 aromatic heterocycles. The minimum atomic E-state index is 0.0963. The minimum Gasteiger partial charge on any atom is -0.439 e. The van der Waals surface area contributed by atoms with Gasteiger partial charge in [0, 0.05) is 12.3 Å². The number of rotatable bonds is 4. The molecule has 0 radical (unpaired) electrons. The molecule has 0 spiro atoms. The van der Waals surface area contributed by atoms with E-state index in [9.17, 15) is 0 Å². The van der Waals surface area contributed by atoms with E-state index >= 15 is 0 Å². The van der Waals surface area contributed by atoms with Crippen molar-refractivity contribution >= 4 is 0 Å². The summed E-state index contributed by atoms with van der Waals surface area (Å²) in [5.74, 6) is 1.23. The Balaban J connectivity index is 1.79. The molecule has 0 aliphatic carbocycles. The van der Waals surface area contributed by atoms with Gasteiger partial charge >= 0.3 is 6.01 Å². The zero-order chi connectivity index (χ0) is 16.8. The van der Waals surface area contributed by atoms with Gasteiger partial charge in [-0.05, 0) is 36.4 Å². The monoisotopic (exact) mass is 314 g/mol. The van der Waals surface area contributed by atoms with E-state index < -0.39 is 0 Å². The second kappa shape index (κ2) is 6.91. The van der Waals surface area contributed by atoms with Crippen LogP contribution in [0.4, 0.5) is 0 Å². The lowest BCUT2D eigenvalue weighted by atomic mass is 10.2. The largest absolute Gasteiger partial charge is 0.439 e. The van der Waals surface area contributed by atoms with Crippen LogP contribution in [0.15, 0.2) is 60.8 Å². The molecule has 24 heavy (non-hydrogen) atoms. The van der Waals surface area contributed by atoms with E-state index in [4.69, 9.17) is 20.0 Å². The van der Waals surface area contributed by atoms with Crippen molar-refractivity contribution in [3.8, 4) is 35.5 Å². The number of hydrogen-bond donors (Lipinski definition) is 0. The molecule has 0 N–H and O–H groups in total. The van der Waals surface area contributed by atoms with Gasteiger partial charge in [0.25, 0.3) is 0 Å². The Kier molecular flexibility index (Phi) is 4.32. The maximum absolute atomic E-state index is 8.91. The number of aromatic nitrogens is 2. The molecule has 114 valence electrons. The molecule has 2 aromatic carbocycles. The van der Waals surface area contributed by atoms with E-state index in [0.29, 0.717) is 22.6 Å². The first-order valence-corrected chi connectivity index (χ1v) is 6.96. The van der Waals surface area contributed by atoms with E-state index in [1.807, 2.05) is 12.1 Å². The topological polar surface area (TPSA) is 91.8 Å². The van der Waals surface area contributed by atoms with E-state index in [1.165, 1.54) is 6.20 Å². The lowest BCUT2D eigenvalue weighted by molar-refractivity contribution is 0.411. The van der Waals surface area contributed by atoms with Crippen LogP contribution in [0.1, 0.15) is 11.1 Å². The average Bonchev–Trinajstić information content (AvgIpc) is 2.62. The lowest BCUT2D eigenvalue weighted by Gasteiger charge is -2.07. The first-order valence-electron chi connectivity index (χ1n) is 6.96. The smallest absolute Gasteiger partial charge is 0.325 e. The number of nitriles is 2. The lowest BCUT2D eigenvalue weighted by Crippen LogP contribution is -1.94. The second-order valence-corrected chi connectivity index (χ2v) is 4.66. The average molecular weight is 314 g/mol. The van der Waals surface area contributed by atoms with Crippen LogP contribution >= 0.6 is 0 Å². The molecule has 0 saturated heterocycles. The van der Waals surface area contributed by atoms with E-state index in [-0.39, 0.29) is 11.9 Å². The van der Waals surface area contributed by atoms with Crippen molar-refractivity contribution in [1.82, 2.24) is 9.97 Å². The summed E-state index contributed by atoms with van der Waals surface area (Å²) in [6.45, 7) is 0.